The van der Waals surface area contributed by atoms with E-state index in [1.807, 2.05) is 0 Å². The quantitative estimate of drug-likeness (QED) is 0.466. The normalized spacial score (nSPS) is 37.8. The molecule has 0 aromatic heterocycles. The second-order valence-electron chi connectivity index (χ2n) is 6.50. The highest BCUT2D eigenvalue weighted by molar-refractivity contribution is 5.50. The van der Waals surface area contributed by atoms with Crippen molar-refractivity contribution in [3.8, 4) is 0 Å². The zero-order valence-electron chi connectivity index (χ0n) is 11.9. The van der Waals surface area contributed by atoms with Crippen molar-refractivity contribution in [2.24, 2.45) is 23.5 Å². The van der Waals surface area contributed by atoms with E-state index in [1.54, 1.807) is 0 Å². The number of carbonyl (C=O) groups excluding carboxylic acids is 1. The van der Waals surface area contributed by atoms with Crippen LogP contribution >= 0.6 is 0 Å². The first-order valence-electron chi connectivity index (χ1n) is 7.77. The van der Waals surface area contributed by atoms with Crippen LogP contribution in [0.3, 0.4) is 0 Å². The maximum absolute atomic E-state index is 10.9. The Morgan fingerprint density at radius 2 is 1.89 bits per heavy atom. The highest BCUT2D eigenvalue weighted by Gasteiger charge is 2.41. The Morgan fingerprint density at radius 1 is 1.16 bits per heavy atom. The van der Waals surface area contributed by atoms with Gasteiger partial charge in [0.15, 0.2) is 0 Å². The fraction of sp³-hybridized carbons (Fsp3) is 0.933. The molecule has 110 valence electrons. The lowest BCUT2D eigenvalue weighted by Gasteiger charge is -2.41. The Kier molecular flexibility index (Phi) is 5.37. The molecule has 2 rings (SSSR count). The Hall–Kier alpha value is -0.450. The first-order chi connectivity index (χ1) is 9.19. The van der Waals surface area contributed by atoms with Gasteiger partial charge in [0.05, 0.1) is 6.10 Å². The summed E-state index contributed by atoms with van der Waals surface area (Å²) in [5.41, 5.74) is 6.65. The molecule has 0 aromatic rings. The molecule has 0 aliphatic heterocycles. The average molecular weight is 268 g/mol. The molecule has 0 aromatic carbocycles. The molecular weight excluding hydrogens is 240 g/mol. The van der Waals surface area contributed by atoms with Crippen molar-refractivity contribution in [2.45, 2.75) is 75.9 Å². The molecule has 19 heavy (non-hydrogen) atoms. The van der Waals surface area contributed by atoms with Gasteiger partial charge in [0.1, 0.15) is 6.29 Å². The van der Waals surface area contributed by atoms with E-state index in [2.05, 4.69) is 0 Å². The minimum Gasteiger partial charge on any atom is -0.325 e. The van der Waals surface area contributed by atoms with Crippen LogP contribution in [0.25, 0.3) is 0 Å². The summed E-state index contributed by atoms with van der Waals surface area (Å²) in [5.74, 6) is 6.21. The highest BCUT2D eigenvalue weighted by atomic mass is 16.6. The number of rotatable bonds is 4. The molecule has 0 amide bonds. The van der Waals surface area contributed by atoms with Gasteiger partial charge >= 0.3 is 0 Å². The monoisotopic (exact) mass is 268 g/mol. The lowest BCUT2D eigenvalue weighted by molar-refractivity contribution is -0.110. The lowest BCUT2D eigenvalue weighted by atomic mass is 9.69. The summed E-state index contributed by atoms with van der Waals surface area (Å²) >= 11 is 0. The molecule has 0 heterocycles. The smallest absolute Gasteiger partial charge is 0.120 e. The molecule has 0 saturated heterocycles. The molecule has 3 unspecified atom stereocenters. The van der Waals surface area contributed by atoms with Gasteiger partial charge in [-0.3, -0.25) is 0 Å². The molecule has 2 fully saturated rings. The van der Waals surface area contributed by atoms with Crippen LogP contribution in [-0.4, -0.2) is 17.9 Å². The predicted molar refractivity (Wildman–Crippen MR) is 75.2 cm³/mol. The average Bonchev–Trinajstić information content (AvgIpc) is 2.60. The van der Waals surface area contributed by atoms with Crippen molar-refractivity contribution in [3.05, 3.63) is 0 Å². The van der Waals surface area contributed by atoms with Crippen molar-refractivity contribution < 1.29 is 9.63 Å². The Bertz CT molecular complexity index is 292. The summed E-state index contributed by atoms with van der Waals surface area (Å²) in [4.78, 5) is 16.0. The molecular formula is C15H28N2O2. The zero-order chi connectivity index (χ0) is 13.7. The van der Waals surface area contributed by atoms with E-state index in [-0.39, 0.29) is 17.6 Å². The van der Waals surface area contributed by atoms with Gasteiger partial charge in [-0.2, -0.15) is 0 Å². The summed E-state index contributed by atoms with van der Waals surface area (Å²) in [6, 6.07) is 0. The van der Waals surface area contributed by atoms with E-state index in [4.69, 9.17) is 16.5 Å². The van der Waals surface area contributed by atoms with Crippen LogP contribution in [0.1, 0.15) is 64.2 Å². The van der Waals surface area contributed by atoms with Crippen molar-refractivity contribution in [2.75, 3.05) is 0 Å². The van der Waals surface area contributed by atoms with E-state index in [0.29, 0.717) is 12.3 Å². The van der Waals surface area contributed by atoms with Gasteiger partial charge in [-0.1, -0.05) is 19.3 Å². The minimum absolute atomic E-state index is 0.000726. The summed E-state index contributed by atoms with van der Waals surface area (Å²) < 4.78 is 0. The molecule has 4 heteroatoms. The minimum atomic E-state index is -0.110. The van der Waals surface area contributed by atoms with Gasteiger partial charge in [0, 0.05) is 12.0 Å². The fourth-order valence-electron chi connectivity index (χ4n) is 4.18. The second-order valence-corrected chi connectivity index (χ2v) is 6.50. The van der Waals surface area contributed by atoms with Crippen LogP contribution in [0.2, 0.25) is 0 Å². The van der Waals surface area contributed by atoms with E-state index in [0.717, 1.165) is 32.0 Å². The van der Waals surface area contributed by atoms with Gasteiger partial charge in [-0.25, -0.2) is 5.90 Å². The summed E-state index contributed by atoms with van der Waals surface area (Å²) in [6.45, 7) is 0. The predicted octanol–water partition coefficient (Wildman–Crippen LogP) is 2.30. The number of hydrogen-bond acceptors (Lipinski definition) is 4. The largest absolute Gasteiger partial charge is 0.325 e. The number of hydrogen-bond donors (Lipinski definition) is 2. The van der Waals surface area contributed by atoms with Gasteiger partial charge in [0.25, 0.3) is 0 Å². The Morgan fingerprint density at radius 3 is 2.53 bits per heavy atom. The third kappa shape index (κ3) is 3.56. The van der Waals surface area contributed by atoms with Crippen molar-refractivity contribution in [3.63, 3.8) is 0 Å². The molecule has 2 saturated carbocycles. The van der Waals surface area contributed by atoms with Crippen molar-refractivity contribution >= 4 is 6.29 Å². The van der Waals surface area contributed by atoms with Crippen molar-refractivity contribution in [1.82, 2.24) is 0 Å². The molecule has 0 spiro atoms. The van der Waals surface area contributed by atoms with Gasteiger partial charge in [-0.05, 0) is 50.4 Å². The summed E-state index contributed by atoms with van der Waals surface area (Å²) in [5, 5.41) is 0. The maximum atomic E-state index is 10.9. The third-order valence-corrected chi connectivity index (χ3v) is 5.29. The molecule has 2 aliphatic rings. The summed E-state index contributed by atoms with van der Waals surface area (Å²) in [7, 11) is 0. The zero-order valence-corrected chi connectivity index (χ0v) is 11.9. The van der Waals surface area contributed by atoms with Crippen LogP contribution in [0.5, 0.6) is 0 Å². The number of nitrogens with two attached hydrogens (primary N) is 2. The molecule has 3 atom stereocenters. The number of aldehydes is 1. The molecule has 0 bridgehead atoms. The fourth-order valence-corrected chi connectivity index (χ4v) is 4.18. The van der Waals surface area contributed by atoms with Gasteiger partial charge in [0.2, 0.25) is 0 Å². The molecule has 0 radical (unpaired) electrons. The second kappa shape index (κ2) is 6.82. The van der Waals surface area contributed by atoms with Crippen LogP contribution in [0.15, 0.2) is 0 Å². The van der Waals surface area contributed by atoms with E-state index in [9.17, 15) is 4.79 Å². The van der Waals surface area contributed by atoms with Gasteiger partial charge < -0.3 is 15.4 Å². The highest BCUT2D eigenvalue weighted by Crippen LogP contribution is 2.41. The standard InChI is InChI=1S/C15H28N2O2/c16-15(13-5-2-1-3-6-13)9-4-7-14(19-17)12(11-15)8-10-18/h10,12-14H,1-9,11,16-17H2. The first-order valence-corrected chi connectivity index (χ1v) is 7.77. The SMILES string of the molecule is NOC1CCCC(N)(C2CCCCC2)CC1CC=O. The van der Waals surface area contributed by atoms with Crippen LogP contribution in [0, 0.1) is 11.8 Å². The summed E-state index contributed by atoms with van der Waals surface area (Å²) in [6.07, 6.45) is 11.9. The van der Waals surface area contributed by atoms with Gasteiger partial charge in [-0.15, -0.1) is 0 Å². The topological polar surface area (TPSA) is 78.3 Å². The van der Waals surface area contributed by atoms with Crippen LogP contribution < -0.4 is 11.6 Å². The number of carbonyl (C=O) groups is 1. The lowest BCUT2D eigenvalue weighted by Crippen LogP contribution is -2.49. The van der Waals surface area contributed by atoms with Crippen LogP contribution in [-0.2, 0) is 9.63 Å². The van der Waals surface area contributed by atoms with Crippen LogP contribution in [0.4, 0.5) is 0 Å². The molecule has 4 N–H and O–H groups in total. The Labute approximate surface area is 116 Å². The van der Waals surface area contributed by atoms with E-state index in [1.165, 1.54) is 32.1 Å². The van der Waals surface area contributed by atoms with E-state index < -0.39 is 0 Å². The molecule has 2 aliphatic carbocycles. The van der Waals surface area contributed by atoms with Crippen molar-refractivity contribution in [1.29, 1.82) is 0 Å². The maximum Gasteiger partial charge on any atom is 0.120 e. The van der Waals surface area contributed by atoms with E-state index >= 15 is 0 Å². The first kappa shape index (κ1) is 14.9. The Balaban J connectivity index is 2.08. The molecule has 4 nitrogen and oxygen atoms in total. The third-order valence-electron chi connectivity index (χ3n) is 5.29.